The number of fused-ring (bicyclic) bond motifs is 1. The number of halogens is 1. The topological polar surface area (TPSA) is 127 Å². The molecule has 1 heterocycles. The molecular formula is C15H10BrN3O6S. The molecule has 1 N–H and O–H groups in total. The Balaban J connectivity index is 1.79. The molecule has 0 fully saturated rings. The van der Waals surface area contributed by atoms with E-state index >= 15 is 0 Å². The van der Waals surface area contributed by atoms with Crippen LogP contribution in [0.15, 0.2) is 51.8 Å². The molecule has 0 radical (unpaired) electrons. The molecule has 9 nitrogen and oxygen atoms in total. The Hall–Kier alpha value is -2.79. The van der Waals surface area contributed by atoms with Gasteiger partial charge in [0.05, 0.1) is 16.2 Å². The number of hydrogen-bond donors (Lipinski definition) is 1. The second kappa shape index (κ2) is 6.50. The smallest absolute Gasteiger partial charge is 0.270 e. The molecule has 0 aromatic heterocycles. The maximum absolute atomic E-state index is 12.4. The molecule has 2 aromatic carbocycles. The van der Waals surface area contributed by atoms with Crippen LogP contribution < -0.4 is 5.32 Å². The first-order chi connectivity index (χ1) is 12.2. The number of nitro benzene ring substituents is 1. The zero-order valence-corrected chi connectivity index (χ0v) is 15.3. The number of amides is 2. The first-order valence-corrected chi connectivity index (χ1v) is 9.35. The van der Waals surface area contributed by atoms with Crippen molar-refractivity contribution in [2.24, 2.45) is 0 Å². The monoisotopic (exact) mass is 439 g/mol. The van der Waals surface area contributed by atoms with Crippen molar-refractivity contribution < 1.29 is 22.9 Å². The fourth-order valence-electron chi connectivity index (χ4n) is 2.43. The zero-order valence-electron chi connectivity index (χ0n) is 12.9. The van der Waals surface area contributed by atoms with Crippen LogP contribution in [0.25, 0.3) is 0 Å². The molecule has 1 aliphatic heterocycles. The van der Waals surface area contributed by atoms with Gasteiger partial charge in [-0.05, 0) is 34.1 Å². The van der Waals surface area contributed by atoms with E-state index in [1.165, 1.54) is 42.5 Å². The summed E-state index contributed by atoms with van der Waals surface area (Å²) >= 11 is 3.10. The number of nitrogens with zero attached hydrogens (tertiary/aromatic N) is 2. The summed E-state index contributed by atoms with van der Waals surface area (Å²) in [7, 11) is -4.09. The Morgan fingerprint density at radius 1 is 1.23 bits per heavy atom. The Kier molecular flexibility index (Phi) is 4.50. The fraction of sp³-hybridized carbons (Fsp3) is 0.0667. The summed E-state index contributed by atoms with van der Waals surface area (Å²) in [5.74, 6) is -1.54. The summed E-state index contributed by atoms with van der Waals surface area (Å²) in [5.41, 5.74) is 0.0431. The van der Waals surface area contributed by atoms with E-state index in [4.69, 9.17) is 0 Å². The highest BCUT2D eigenvalue weighted by atomic mass is 79.9. The van der Waals surface area contributed by atoms with Gasteiger partial charge in [-0.1, -0.05) is 12.1 Å². The highest BCUT2D eigenvalue weighted by molar-refractivity contribution is 9.10. The van der Waals surface area contributed by atoms with Crippen molar-refractivity contribution in [2.75, 3.05) is 11.9 Å². The fourth-order valence-corrected chi connectivity index (χ4v) is 4.42. The van der Waals surface area contributed by atoms with Gasteiger partial charge < -0.3 is 5.32 Å². The van der Waals surface area contributed by atoms with Crippen molar-refractivity contribution in [1.82, 2.24) is 4.31 Å². The molecule has 0 unspecified atom stereocenters. The molecule has 0 saturated carbocycles. The summed E-state index contributed by atoms with van der Waals surface area (Å²) in [6.07, 6.45) is 0. The van der Waals surface area contributed by atoms with Crippen LogP contribution >= 0.6 is 15.9 Å². The summed E-state index contributed by atoms with van der Waals surface area (Å²) < 4.78 is 25.6. The Morgan fingerprint density at radius 3 is 2.54 bits per heavy atom. The highest BCUT2D eigenvalue weighted by Gasteiger charge is 2.41. The van der Waals surface area contributed by atoms with Crippen LogP contribution in [0.4, 0.5) is 11.4 Å². The summed E-state index contributed by atoms with van der Waals surface area (Å²) in [5, 5.41) is 13.1. The van der Waals surface area contributed by atoms with Crippen molar-refractivity contribution >= 4 is 49.1 Å². The van der Waals surface area contributed by atoms with Gasteiger partial charge in [0.1, 0.15) is 11.4 Å². The average Bonchev–Trinajstić information content (AvgIpc) is 2.78. The number of hydrogen-bond acceptors (Lipinski definition) is 6. The lowest BCUT2D eigenvalue weighted by Crippen LogP contribution is -2.37. The number of carbonyl (C=O) groups is 2. The highest BCUT2D eigenvalue weighted by Crippen LogP contribution is 2.30. The maximum atomic E-state index is 12.4. The number of nitro groups is 1. The van der Waals surface area contributed by atoms with Crippen LogP contribution in [0.2, 0.25) is 0 Å². The van der Waals surface area contributed by atoms with Crippen molar-refractivity contribution in [2.45, 2.75) is 4.90 Å². The Bertz CT molecular complexity index is 1050. The lowest BCUT2D eigenvalue weighted by Gasteiger charge is -2.15. The normalized spacial score (nSPS) is 14.8. The van der Waals surface area contributed by atoms with Gasteiger partial charge in [-0.15, -0.1) is 0 Å². The molecule has 0 bridgehead atoms. The van der Waals surface area contributed by atoms with Crippen LogP contribution in [0, 0.1) is 10.1 Å². The summed E-state index contributed by atoms with van der Waals surface area (Å²) in [4.78, 5) is 34.4. The molecule has 0 aliphatic carbocycles. The van der Waals surface area contributed by atoms with Gasteiger partial charge in [-0.2, -0.15) is 0 Å². The number of carbonyl (C=O) groups excluding carboxylic acids is 2. The van der Waals surface area contributed by atoms with Crippen molar-refractivity contribution in [1.29, 1.82) is 0 Å². The van der Waals surface area contributed by atoms with E-state index in [0.717, 1.165) is 0 Å². The average molecular weight is 440 g/mol. The molecule has 0 spiro atoms. The molecule has 2 aromatic rings. The van der Waals surface area contributed by atoms with E-state index in [0.29, 0.717) is 4.31 Å². The number of benzene rings is 2. The summed E-state index contributed by atoms with van der Waals surface area (Å²) in [6, 6.07) is 9.38. The minimum absolute atomic E-state index is 0.0109. The van der Waals surface area contributed by atoms with Crippen LogP contribution in [-0.2, 0) is 14.8 Å². The van der Waals surface area contributed by atoms with E-state index < -0.39 is 33.3 Å². The molecule has 2 amide bonds. The molecular weight excluding hydrogens is 430 g/mol. The third-order valence-corrected chi connectivity index (χ3v) is 6.08. The molecule has 26 heavy (non-hydrogen) atoms. The predicted molar refractivity (Wildman–Crippen MR) is 94.1 cm³/mol. The van der Waals surface area contributed by atoms with Crippen molar-refractivity contribution in [3.8, 4) is 0 Å². The van der Waals surface area contributed by atoms with Gasteiger partial charge in [0.2, 0.25) is 5.91 Å². The lowest BCUT2D eigenvalue weighted by molar-refractivity contribution is -0.384. The van der Waals surface area contributed by atoms with Crippen molar-refractivity contribution in [3.05, 3.63) is 62.6 Å². The Labute approximate surface area is 155 Å². The second-order valence-corrected chi connectivity index (χ2v) is 7.97. The SMILES string of the molecule is O=C(CN1C(=O)c2ccccc2S1(=O)=O)Nc1ccc([N+](=O)[O-])cc1Br. The van der Waals surface area contributed by atoms with E-state index in [1.54, 1.807) is 0 Å². The standard InChI is InChI=1S/C15H10BrN3O6S/c16-11-7-9(19(22)23)5-6-12(11)17-14(20)8-18-15(21)10-3-1-2-4-13(10)26(18,24)25/h1-7H,8H2,(H,17,20). The first kappa shape index (κ1) is 18.0. The quantitative estimate of drug-likeness (QED) is 0.574. The van der Waals surface area contributed by atoms with Gasteiger partial charge in [-0.3, -0.25) is 19.7 Å². The molecule has 3 rings (SSSR count). The number of anilines is 1. The van der Waals surface area contributed by atoms with Crippen LogP contribution in [-0.4, -0.2) is 36.0 Å². The number of nitrogens with one attached hydrogen (secondary N) is 1. The molecule has 0 atom stereocenters. The predicted octanol–water partition coefficient (Wildman–Crippen LogP) is 2.14. The van der Waals surface area contributed by atoms with Gasteiger partial charge in [0.25, 0.3) is 21.6 Å². The molecule has 134 valence electrons. The zero-order chi connectivity index (χ0) is 19.1. The third kappa shape index (κ3) is 3.06. The van der Waals surface area contributed by atoms with Crippen LogP contribution in [0.1, 0.15) is 10.4 Å². The van der Waals surface area contributed by atoms with Crippen molar-refractivity contribution in [3.63, 3.8) is 0 Å². The Morgan fingerprint density at radius 2 is 1.92 bits per heavy atom. The second-order valence-electron chi connectivity index (χ2n) is 5.28. The largest absolute Gasteiger partial charge is 0.323 e. The molecule has 1 aliphatic rings. The van der Waals surface area contributed by atoms with E-state index in [9.17, 15) is 28.1 Å². The first-order valence-electron chi connectivity index (χ1n) is 7.11. The number of non-ortho nitro benzene ring substituents is 1. The summed E-state index contributed by atoms with van der Waals surface area (Å²) in [6.45, 7) is -0.709. The lowest BCUT2D eigenvalue weighted by atomic mass is 10.2. The van der Waals surface area contributed by atoms with Crippen LogP contribution in [0.3, 0.4) is 0 Å². The minimum atomic E-state index is -4.09. The molecule has 11 heteroatoms. The van der Waals surface area contributed by atoms with Gasteiger partial charge in [0.15, 0.2) is 0 Å². The van der Waals surface area contributed by atoms with E-state index in [-0.39, 0.29) is 26.3 Å². The van der Waals surface area contributed by atoms with Gasteiger partial charge >= 0.3 is 0 Å². The number of rotatable bonds is 4. The van der Waals surface area contributed by atoms with E-state index in [2.05, 4.69) is 21.2 Å². The van der Waals surface area contributed by atoms with Gasteiger partial charge in [0, 0.05) is 16.6 Å². The van der Waals surface area contributed by atoms with Gasteiger partial charge in [-0.25, -0.2) is 12.7 Å². The molecule has 0 saturated heterocycles. The van der Waals surface area contributed by atoms with E-state index in [1.807, 2.05) is 0 Å². The maximum Gasteiger partial charge on any atom is 0.270 e. The van der Waals surface area contributed by atoms with Crippen LogP contribution in [0.5, 0.6) is 0 Å². The number of sulfonamides is 1. The minimum Gasteiger partial charge on any atom is -0.323 e. The third-order valence-electron chi connectivity index (χ3n) is 3.64.